The molecule has 3 amide bonds. The zero-order valence-corrected chi connectivity index (χ0v) is 15.2. The van der Waals surface area contributed by atoms with Crippen LogP contribution in [0.25, 0.3) is 0 Å². The topological polar surface area (TPSA) is 61.4 Å². The van der Waals surface area contributed by atoms with E-state index in [4.69, 9.17) is 0 Å². The molecule has 0 radical (unpaired) electrons. The zero-order chi connectivity index (χ0) is 19.1. The Morgan fingerprint density at radius 3 is 2.48 bits per heavy atom. The van der Waals surface area contributed by atoms with Gasteiger partial charge in [0.25, 0.3) is 5.91 Å². The normalized spacial score (nSPS) is 14.6. The van der Waals surface area contributed by atoms with E-state index < -0.39 is 0 Å². The molecule has 0 bridgehead atoms. The molecule has 6 heteroatoms. The molecule has 2 aromatic carbocycles. The van der Waals surface area contributed by atoms with Crippen molar-refractivity contribution in [2.45, 2.75) is 25.3 Å². The number of halogens is 1. The van der Waals surface area contributed by atoms with Crippen LogP contribution in [0.2, 0.25) is 0 Å². The summed E-state index contributed by atoms with van der Waals surface area (Å²) in [7, 11) is 0. The molecule has 1 aliphatic heterocycles. The molecule has 0 atom stereocenters. The van der Waals surface area contributed by atoms with Gasteiger partial charge < -0.3 is 15.5 Å². The second kappa shape index (κ2) is 9.16. The Labute approximate surface area is 158 Å². The first-order valence-corrected chi connectivity index (χ1v) is 9.25. The number of benzene rings is 2. The summed E-state index contributed by atoms with van der Waals surface area (Å²) in [5, 5.41) is 5.91. The Morgan fingerprint density at radius 2 is 1.78 bits per heavy atom. The molecule has 1 saturated heterocycles. The van der Waals surface area contributed by atoms with Crippen molar-refractivity contribution < 1.29 is 14.0 Å². The SMILES string of the molecule is O=C(NC1CCN(C(=O)NCCc2cccc(F)c2)CC1)c1ccccc1. The summed E-state index contributed by atoms with van der Waals surface area (Å²) < 4.78 is 13.2. The van der Waals surface area contributed by atoms with E-state index in [1.54, 1.807) is 23.1 Å². The molecule has 1 heterocycles. The van der Waals surface area contributed by atoms with Crippen LogP contribution >= 0.6 is 0 Å². The standard InChI is InChI=1S/C21H24FN3O2/c22-18-8-4-5-16(15-18)9-12-23-21(27)25-13-10-19(11-14-25)24-20(26)17-6-2-1-3-7-17/h1-8,15,19H,9-14H2,(H,23,27)(H,24,26). The van der Waals surface area contributed by atoms with Crippen LogP contribution in [0.3, 0.4) is 0 Å². The predicted octanol–water partition coefficient (Wildman–Crippen LogP) is 2.97. The minimum atomic E-state index is -0.265. The third-order valence-corrected chi connectivity index (χ3v) is 4.73. The number of carbonyl (C=O) groups is 2. The van der Waals surface area contributed by atoms with E-state index in [1.807, 2.05) is 24.3 Å². The highest BCUT2D eigenvalue weighted by Crippen LogP contribution is 2.12. The smallest absolute Gasteiger partial charge is 0.317 e. The van der Waals surface area contributed by atoms with Gasteiger partial charge in [-0.15, -0.1) is 0 Å². The van der Waals surface area contributed by atoms with Gasteiger partial charge in [-0.1, -0.05) is 30.3 Å². The van der Waals surface area contributed by atoms with Crippen molar-refractivity contribution in [3.8, 4) is 0 Å². The molecule has 0 unspecified atom stereocenters. The lowest BCUT2D eigenvalue weighted by Crippen LogP contribution is -2.49. The first-order valence-electron chi connectivity index (χ1n) is 9.25. The molecule has 1 fully saturated rings. The molecule has 1 aliphatic rings. The lowest BCUT2D eigenvalue weighted by atomic mass is 10.0. The molecule has 0 aliphatic carbocycles. The highest BCUT2D eigenvalue weighted by molar-refractivity contribution is 5.94. The van der Waals surface area contributed by atoms with Crippen LogP contribution in [0.15, 0.2) is 54.6 Å². The van der Waals surface area contributed by atoms with Crippen LogP contribution in [-0.4, -0.2) is 42.5 Å². The lowest BCUT2D eigenvalue weighted by Gasteiger charge is -2.32. The average molecular weight is 369 g/mol. The molecule has 5 nitrogen and oxygen atoms in total. The van der Waals surface area contributed by atoms with Gasteiger partial charge in [0.2, 0.25) is 0 Å². The third kappa shape index (κ3) is 5.54. The van der Waals surface area contributed by atoms with Crippen LogP contribution in [-0.2, 0) is 6.42 Å². The Balaban J connectivity index is 1.38. The number of rotatable bonds is 5. The van der Waals surface area contributed by atoms with E-state index in [1.165, 1.54) is 12.1 Å². The van der Waals surface area contributed by atoms with Gasteiger partial charge in [-0.2, -0.15) is 0 Å². The number of nitrogens with zero attached hydrogens (tertiary/aromatic N) is 1. The summed E-state index contributed by atoms with van der Waals surface area (Å²) in [5.74, 6) is -0.341. The van der Waals surface area contributed by atoms with Crippen molar-refractivity contribution in [3.05, 3.63) is 71.5 Å². The minimum Gasteiger partial charge on any atom is -0.349 e. The van der Waals surface area contributed by atoms with Gasteiger partial charge in [-0.3, -0.25) is 4.79 Å². The summed E-state index contributed by atoms with van der Waals surface area (Å²) in [6.45, 7) is 1.67. The molecule has 142 valence electrons. The van der Waals surface area contributed by atoms with E-state index in [9.17, 15) is 14.0 Å². The van der Waals surface area contributed by atoms with Gasteiger partial charge >= 0.3 is 6.03 Å². The van der Waals surface area contributed by atoms with Crippen molar-refractivity contribution >= 4 is 11.9 Å². The van der Waals surface area contributed by atoms with Gasteiger partial charge in [-0.05, 0) is 49.1 Å². The lowest BCUT2D eigenvalue weighted by molar-refractivity contribution is 0.0918. The first-order chi connectivity index (χ1) is 13.1. The molecule has 0 saturated carbocycles. The van der Waals surface area contributed by atoms with Gasteiger partial charge in [0, 0.05) is 31.2 Å². The maximum absolute atomic E-state index is 13.2. The van der Waals surface area contributed by atoms with Crippen molar-refractivity contribution in [2.24, 2.45) is 0 Å². The summed E-state index contributed by atoms with van der Waals surface area (Å²) in [4.78, 5) is 26.2. The van der Waals surface area contributed by atoms with E-state index in [0.29, 0.717) is 31.6 Å². The second-order valence-corrected chi connectivity index (χ2v) is 6.71. The molecule has 0 spiro atoms. The van der Waals surface area contributed by atoms with E-state index in [-0.39, 0.29) is 23.8 Å². The van der Waals surface area contributed by atoms with Gasteiger partial charge in [-0.25, -0.2) is 9.18 Å². The van der Waals surface area contributed by atoms with Crippen molar-refractivity contribution in [1.29, 1.82) is 0 Å². The Hall–Kier alpha value is -2.89. The van der Waals surface area contributed by atoms with E-state index in [0.717, 1.165) is 18.4 Å². The Morgan fingerprint density at radius 1 is 1.04 bits per heavy atom. The fourth-order valence-corrected chi connectivity index (χ4v) is 3.20. The summed E-state index contributed by atoms with van der Waals surface area (Å²) in [6.07, 6.45) is 2.05. The molecular formula is C21H24FN3O2. The number of nitrogens with one attached hydrogen (secondary N) is 2. The Kier molecular flexibility index (Phi) is 6.41. The quantitative estimate of drug-likeness (QED) is 0.851. The van der Waals surface area contributed by atoms with Gasteiger partial charge in [0.15, 0.2) is 0 Å². The highest BCUT2D eigenvalue weighted by atomic mass is 19.1. The third-order valence-electron chi connectivity index (χ3n) is 4.73. The predicted molar refractivity (Wildman–Crippen MR) is 102 cm³/mol. The number of hydrogen-bond donors (Lipinski definition) is 2. The van der Waals surface area contributed by atoms with Crippen molar-refractivity contribution in [2.75, 3.05) is 19.6 Å². The van der Waals surface area contributed by atoms with E-state index in [2.05, 4.69) is 10.6 Å². The number of piperidine rings is 1. The molecule has 27 heavy (non-hydrogen) atoms. The van der Waals surface area contributed by atoms with E-state index >= 15 is 0 Å². The summed E-state index contributed by atoms with van der Waals surface area (Å²) in [6, 6.07) is 15.5. The maximum atomic E-state index is 13.2. The molecular weight excluding hydrogens is 345 g/mol. The first kappa shape index (κ1) is 18.9. The highest BCUT2D eigenvalue weighted by Gasteiger charge is 2.23. The maximum Gasteiger partial charge on any atom is 0.317 e. The largest absolute Gasteiger partial charge is 0.349 e. The van der Waals surface area contributed by atoms with Crippen molar-refractivity contribution in [1.82, 2.24) is 15.5 Å². The molecule has 2 aromatic rings. The summed E-state index contributed by atoms with van der Waals surface area (Å²) >= 11 is 0. The van der Waals surface area contributed by atoms with Gasteiger partial charge in [0.1, 0.15) is 5.82 Å². The van der Waals surface area contributed by atoms with Crippen LogP contribution in [0.4, 0.5) is 9.18 Å². The fraction of sp³-hybridized carbons (Fsp3) is 0.333. The van der Waals surface area contributed by atoms with Crippen molar-refractivity contribution in [3.63, 3.8) is 0 Å². The Bertz CT molecular complexity index is 774. The number of urea groups is 1. The van der Waals surface area contributed by atoms with Crippen LogP contribution < -0.4 is 10.6 Å². The number of hydrogen-bond acceptors (Lipinski definition) is 2. The minimum absolute atomic E-state index is 0.0754. The molecule has 2 N–H and O–H groups in total. The van der Waals surface area contributed by atoms with Gasteiger partial charge in [0.05, 0.1) is 0 Å². The number of amides is 3. The van der Waals surface area contributed by atoms with Crippen LogP contribution in [0.5, 0.6) is 0 Å². The van der Waals surface area contributed by atoms with Crippen LogP contribution in [0, 0.1) is 5.82 Å². The summed E-state index contributed by atoms with van der Waals surface area (Å²) in [5.41, 5.74) is 1.51. The number of carbonyl (C=O) groups excluding carboxylic acids is 2. The molecule has 0 aromatic heterocycles. The zero-order valence-electron chi connectivity index (χ0n) is 15.2. The fourth-order valence-electron chi connectivity index (χ4n) is 3.20. The van der Waals surface area contributed by atoms with Crippen LogP contribution in [0.1, 0.15) is 28.8 Å². The average Bonchev–Trinajstić information content (AvgIpc) is 2.69. The molecule has 3 rings (SSSR count). The second-order valence-electron chi connectivity index (χ2n) is 6.71. The monoisotopic (exact) mass is 369 g/mol. The number of likely N-dealkylation sites (tertiary alicyclic amines) is 1.